The number of nitrogens with zero attached hydrogens (tertiary/aromatic N) is 2. The summed E-state index contributed by atoms with van der Waals surface area (Å²) in [6, 6.07) is 7.53. The molecule has 2 heterocycles. The molecule has 0 aliphatic carbocycles. The molecule has 6 nitrogen and oxygen atoms in total. The first-order valence-corrected chi connectivity index (χ1v) is 9.31. The first-order chi connectivity index (χ1) is 12.2. The molecule has 26 heavy (non-hydrogen) atoms. The molecule has 0 aromatic heterocycles. The Kier molecular flexibility index (Phi) is 7.87. The number of likely N-dealkylation sites (tertiary alicyclic amines) is 1. The summed E-state index contributed by atoms with van der Waals surface area (Å²) < 4.78 is 0. The van der Waals surface area contributed by atoms with E-state index in [0.29, 0.717) is 23.7 Å². The largest absolute Gasteiger partial charge is 0.352 e. The highest BCUT2D eigenvalue weighted by atomic mass is 35.5. The minimum atomic E-state index is -0.114. The van der Waals surface area contributed by atoms with Crippen LogP contribution in [0.25, 0.3) is 0 Å². The lowest BCUT2D eigenvalue weighted by molar-refractivity contribution is 0.0773. The van der Waals surface area contributed by atoms with E-state index in [9.17, 15) is 9.59 Å². The van der Waals surface area contributed by atoms with Crippen LogP contribution in [-0.4, -0.2) is 73.5 Å². The molecule has 3 rings (SSSR count). The van der Waals surface area contributed by atoms with Gasteiger partial charge in [-0.05, 0) is 31.0 Å². The number of carbonyl (C=O) groups excluding carboxylic acids is 2. The summed E-state index contributed by atoms with van der Waals surface area (Å²) in [7, 11) is 0. The summed E-state index contributed by atoms with van der Waals surface area (Å²) in [4.78, 5) is 29.3. The van der Waals surface area contributed by atoms with Gasteiger partial charge in [0.15, 0.2) is 0 Å². The van der Waals surface area contributed by atoms with E-state index < -0.39 is 0 Å². The smallest absolute Gasteiger partial charge is 0.253 e. The van der Waals surface area contributed by atoms with Gasteiger partial charge in [-0.3, -0.25) is 14.5 Å². The van der Waals surface area contributed by atoms with Crippen molar-refractivity contribution in [3.63, 3.8) is 0 Å². The van der Waals surface area contributed by atoms with Crippen LogP contribution < -0.4 is 10.6 Å². The number of nitrogens with one attached hydrogen (secondary N) is 2. The fourth-order valence-electron chi connectivity index (χ4n) is 3.59. The SMILES string of the molecule is CCCNC(=O)c1cccc(C(=O)N2CCC(N3CCNCC3)C2)c1.Cl. The highest BCUT2D eigenvalue weighted by Gasteiger charge is 2.31. The number of benzene rings is 1. The van der Waals surface area contributed by atoms with Gasteiger partial charge < -0.3 is 15.5 Å². The average molecular weight is 381 g/mol. The Labute approximate surface area is 161 Å². The van der Waals surface area contributed by atoms with Gasteiger partial charge in [-0.2, -0.15) is 0 Å². The third-order valence-electron chi connectivity index (χ3n) is 5.03. The lowest BCUT2D eigenvalue weighted by atomic mass is 10.1. The van der Waals surface area contributed by atoms with Crippen molar-refractivity contribution in [2.24, 2.45) is 0 Å². The minimum absolute atomic E-state index is 0. The molecule has 0 saturated carbocycles. The Hall–Kier alpha value is -1.63. The topological polar surface area (TPSA) is 64.7 Å². The van der Waals surface area contributed by atoms with Gasteiger partial charge in [0, 0.05) is 63.0 Å². The second-order valence-electron chi connectivity index (χ2n) is 6.82. The van der Waals surface area contributed by atoms with Crippen LogP contribution in [0.15, 0.2) is 24.3 Å². The Bertz CT molecular complexity index is 619. The third-order valence-corrected chi connectivity index (χ3v) is 5.03. The Morgan fingerprint density at radius 3 is 2.65 bits per heavy atom. The quantitative estimate of drug-likeness (QED) is 0.809. The zero-order valence-corrected chi connectivity index (χ0v) is 16.2. The minimum Gasteiger partial charge on any atom is -0.352 e. The second-order valence-corrected chi connectivity index (χ2v) is 6.82. The fourth-order valence-corrected chi connectivity index (χ4v) is 3.59. The van der Waals surface area contributed by atoms with Crippen LogP contribution in [0.2, 0.25) is 0 Å². The number of amides is 2. The van der Waals surface area contributed by atoms with Crippen LogP contribution in [0.4, 0.5) is 0 Å². The van der Waals surface area contributed by atoms with E-state index in [1.54, 1.807) is 24.3 Å². The summed E-state index contributed by atoms with van der Waals surface area (Å²) >= 11 is 0. The summed E-state index contributed by atoms with van der Waals surface area (Å²) in [5, 5.41) is 6.23. The van der Waals surface area contributed by atoms with Gasteiger partial charge in [-0.1, -0.05) is 13.0 Å². The molecular formula is C19H29ClN4O2. The monoisotopic (exact) mass is 380 g/mol. The van der Waals surface area contributed by atoms with Crippen molar-refractivity contribution in [1.29, 1.82) is 0 Å². The molecule has 2 N–H and O–H groups in total. The Balaban J connectivity index is 0.00000243. The summed E-state index contributed by atoms with van der Waals surface area (Å²) in [5.41, 5.74) is 1.15. The van der Waals surface area contributed by atoms with Crippen molar-refractivity contribution in [2.45, 2.75) is 25.8 Å². The summed E-state index contributed by atoms with van der Waals surface area (Å²) in [6.07, 6.45) is 1.92. The van der Waals surface area contributed by atoms with Crippen molar-refractivity contribution in [2.75, 3.05) is 45.8 Å². The van der Waals surface area contributed by atoms with Crippen LogP contribution in [0, 0.1) is 0 Å². The maximum Gasteiger partial charge on any atom is 0.253 e. The van der Waals surface area contributed by atoms with Crippen molar-refractivity contribution >= 4 is 24.2 Å². The summed E-state index contributed by atoms with van der Waals surface area (Å²) in [5.74, 6) is -0.0839. The van der Waals surface area contributed by atoms with E-state index in [2.05, 4.69) is 15.5 Å². The van der Waals surface area contributed by atoms with Gasteiger partial charge in [0.25, 0.3) is 11.8 Å². The van der Waals surface area contributed by atoms with Crippen LogP contribution in [0.5, 0.6) is 0 Å². The number of carbonyl (C=O) groups is 2. The van der Waals surface area contributed by atoms with Crippen molar-refractivity contribution in [3.05, 3.63) is 35.4 Å². The normalized spacial score (nSPS) is 20.5. The Morgan fingerprint density at radius 1 is 1.19 bits per heavy atom. The molecule has 1 unspecified atom stereocenters. The molecule has 1 aromatic carbocycles. The van der Waals surface area contributed by atoms with Crippen LogP contribution in [0.3, 0.4) is 0 Å². The van der Waals surface area contributed by atoms with Crippen molar-refractivity contribution < 1.29 is 9.59 Å². The van der Waals surface area contributed by atoms with E-state index in [4.69, 9.17) is 0 Å². The first kappa shape index (κ1) is 20.7. The van der Waals surface area contributed by atoms with Gasteiger partial charge in [-0.25, -0.2) is 0 Å². The van der Waals surface area contributed by atoms with E-state index >= 15 is 0 Å². The molecule has 144 valence electrons. The van der Waals surface area contributed by atoms with Gasteiger partial charge in [0.05, 0.1) is 0 Å². The maximum absolute atomic E-state index is 12.8. The van der Waals surface area contributed by atoms with Crippen molar-refractivity contribution in [3.8, 4) is 0 Å². The third kappa shape index (κ3) is 4.96. The number of piperazine rings is 1. The number of hydrogen-bond donors (Lipinski definition) is 2. The molecule has 1 atom stereocenters. The van der Waals surface area contributed by atoms with Gasteiger partial charge in [0.1, 0.15) is 0 Å². The highest BCUT2D eigenvalue weighted by molar-refractivity contribution is 5.99. The van der Waals surface area contributed by atoms with Crippen molar-refractivity contribution in [1.82, 2.24) is 20.4 Å². The molecule has 2 aliphatic heterocycles. The maximum atomic E-state index is 12.8. The standard InChI is InChI=1S/C19H28N4O2.ClH/c1-2-7-21-18(24)15-4-3-5-16(13-15)19(25)23-10-6-17(14-23)22-11-8-20-9-12-22;/h3-5,13,17,20H,2,6-12,14H2,1H3,(H,21,24);1H. The number of rotatable bonds is 5. The number of hydrogen-bond acceptors (Lipinski definition) is 4. The molecule has 2 saturated heterocycles. The van der Waals surface area contributed by atoms with E-state index in [0.717, 1.165) is 52.1 Å². The molecule has 2 amide bonds. The van der Waals surface area contributed by atoms with E-state index in [1.165, 1.54) is 0 Å². The molecule has 7 heteroatoms. The molecule has 0 spiro atoms. The van der Waals surface area contributed by atoms with Gasteiger partial charge in [-0.15, -0.1) is 12.4 Å². The summed E-state index contributed by atoms with van der Waals surface area (Å²) in [6.45, 7) is 8.40. The van der Waals surface area contributed by atoms with Gasteiger partial charge in [0.2, 0.25) is 0 Å². The Morgan fingerprint density at radius 2 is 1.92 bits per heavy atom. The molecule has 1 aromatic rings. The average Bonchev–Trinajstić information content (AvgIpc) is 3.16. The predicted octanol–water partition coefficient (Wildman–Crippen LogP) is 1.37. The lowest BCUT2D eigenvalue weighted by Gasteiger charge is -2.32. The second kappa shape index (κ2) is 9.90. The van der Waals surface area contributed by atoms with E-state index in [-0.39, 0.29) is 24.2 Å². The van der Waals surface area contributed by atoms with Crippen LogP contribution in [0.1, 0.15) is 40.5 Å². The fraction of sp³-hybridized carbons (Fsp3) is 0.579. The first-order valence-electron chi connectivity index (χ1n) is 9.31. The molecule has 2 aliphatic rings. The lowest BCUT2D eigenvalue weighted by Crippen LogP contribution is -2.49. The molecule has 2 fully saturated rings. The zero-order chi connectivity index (χ0) is 17.6. The molecular weight excluding hydrogens is 352 g/mol. The van der Waals surface area contributed by atoms with Gasteiger partial charge >= 0.3 is 0 Å². The van der Waals surface area contributed by atoms with E-state index in [1.807, 2.05) is 11.8 Å². The highest BCUT2D eigenvalue weighted by Crippen LogP contribution is 2.19. The zero-order valence-electron chi connectivity index (χ0n) is 15.4. The number of halogens is 1. The van der Waals surface area contributed by atoms with Crippen LogP contribution in [-0.2, 0) is 0 Å². The predicted molar refractivity (Wildman–Crippen MR) is 105 cm³/mol. The molecule has 0 bridgehead atoms. The molecule has 0 radical (unpaired) electrons. The van der Waals surface area contributed by atoms with Crippen LogP contribution >= 0.6 is 12.4 Å².